The van der Waals surface area contributed by atoms with Crippen molar-refractivity contribution in [3.63, 3.8) is 0 Å². The Kier molecular flexibility index (Phi) is 5.07. The Morgan fingerprint density at radius 3 is 2.68 bits per heavy atom. The number of aliphatic hydroxyl groups is 1. The van der Waals surface area contributed by atoms with Gasteiger partial charge in [-0.2, -0.15) is 10.6 Å². The summed E-state index contributed by atoms with van der Waals surface area (Å²) in [5.41, 5.74) is 10.2. The summed E-state index contributed by atoms with van der Waals surface area (Å²) in [5.74, 6) is 1.03. The molecule has 3 aromatic rings. The van der Waals surface area contributed by atoms with E-state index in [-0.39, 0.29) is 5.75 Å². The van der Waals surface area contributed by atoms with Crippen molar-refractivity contribution < 1.29 is 14.2 Å². The minimum Gasteiger partial charge on any atom is -0.389 e. The summed E-state index contributed by atoms with van der Waals surface area (Å²) in [6.07, 6.45) is -0.394. The number of rotatable bonds is 2. The van der Waals surface area contributed by atoms with E-state index >= 15 is 0 Å². The molecular weight excluding hydrogens is 412 g/mol. The number of nitrogens with two attached hydrogens (primary N) is 1. The third-order valence-corrected chi connectivity index (χ3v) is 8.17. The lowest BCUT2D eigenvalue weighted by atomic mass is 10.1. The minimum atomic E-state index is -2.84. The Morgan fingerprint density at radius 1 is 1.10 bits per heavy atom. The average Bonchev–Trinajstić information content (AvgIpc) is 3.01. The van der Waals surface area contributed by atoms with Crippen molar-refractivity contribution in [1.29, 1.82) is 0 Å². The molecule has 0 radical (unpaired) electrons. The van der Waals surface area contributed by atoms with Crippen molar-refractivity contribution in [3.8, 4) is 0 Å². The van der Waals surface area contributed by atoms with Crippen LogP contribution in [0.2, 0.25) is 0 Å². The highest BCUT2D eigenvalue weighted by Gasteiger charge is 2.32. The molecule has 3 heterocycles. The van der Waals surface area contributed by atoms with Gasteiger partial charge in [0, 0.05) is 31.1 Å². The number of aromatic nitrogens is 1. The zero-order chi connectivity index (χ0) is 21.8. The second-order valence-electron chi connectivity index (χ2n) is 8.46. The van der Waals surface area contributed by atoms with E-state index in [2.05, 4.69) is 15.9 Å². The summed E-state index contributed by atoms with van der Waals surface area (Å²) >= 11 is 0. The lowest BCUT2D eigenvalue weighted by molar-refractivity contribution is 0.166. The Bertz CT molecular complexity index is 1140. The molecule has 1 aromatic heterocycles. The van der Waals surface area contributed by atoms with Gasteiger partial charge >= 0.3 is 0 Å². The fraction of sp³-hybridized carbons (Fsp3) is 0.348. The van der Waals surface area contributed by atoms with E-state index in [1.807, 2.05) is 43.3 Å². The van der Waals surface area contributed by atoms with Crippen LogP contribution in [0.1, 0.15) is 17.5 Å². The second kappa shape index (κ2) is 7.65. The maximum Gasteiger partial charge on any atom is 0.131 e. The normalized spacial score (nSPS) is 24.2. The Hall–Kier alpha value is -2.36. The third kappa shape index (κ3) is 3.64. The molecule has 1 saturated heterocycles. The van der Waals surface area contributed by atoms with Crippen LogP contribution in [-0.4, -0.2) is 50.3 Å². The lowest BCUT2D eigenvalue weighted by Gasteiger charge is -2.32. The number of anilines is 2. The van der Waals surface area contributed by atoms with Crippen molar-refractivity contribution in [2.45, 2.75) is 37.1 Å². The maximum absolute atomic E-state index is 10.7. The van der Waals surface area contributed by atoms with Crippen molar-refractivity contribution in [1.82, 2.24) is 4.98 Å². The second-order valence-corrected chi connectivity index (χ2v) is 10.6. The lowest BCUT2D eigenvalue weighted by Crippen LogP contribution is -2.43. The van der Waals surface area contributed by atoms with Crippen molar-refractivity contribution in [3.05, 3.63) is 59.7 Å². The van der Waals surface area contributed by atoms with Gasteiger partial charge in [-0.25, -0.2) is 4.98 Å². The molecular formula is C23H28N4O3S. The highest BCUT2D eigenvalue weighted by molar-refractivity contribution is 8.24. The Morgan fingerprint density at radius 2 is 1.90 bits per heavy atom. The summed E-state index contributed by atoms with van der Waals surface area (Å²) in [5, 5.41) is 11.2. The molecule has 5 rings (SSSR count). The number of nitrogens with zero attached hydrogens (tertiary/aromatic N) is 3. The van der Waals surface area contributed by atoms with Crippen molar-refractivity contribution in [2.24, 2.45) is 5.73 Å². The molecule has 5 N–H and O–H groups in total. The topological polar surface area (TPSA) is 106 Å². The van der Waals surface area contributed by atoms with Gasteiger partial charge < -0.3 is 20.6 Å². The highest BCUT2D eigenvalue weighted by atomic mass is 32.3. The van der Waals surface area contributed by atoms with Crippen molar-refractivity contribution >= 4 is 33.0 Å². The molecule has 2 atom stereocenters. The number of aliphatic hydroxyl groups excluding tert-OH is 1. The van der Waals surface area contributed by atoms with E-state index in [0.29, 0.717) is 31.0 Å². The number of fused-ring (bicyclic) bond motifs is 2. The molecule has 2 aromatic carbocycles. The molecule has 2 aliphatic rings. The van der Waals surface area contributed by atoms with Gasteiger partial charge in [0.1, 0.15) is 12.0 Å². The van der Waals surface area contributed by atoms with E-state index in [4.69, 9.17) is 10.7 Å². The van der Waals surface area contributed by atoms with Crippen LogP contribution in [0.25, 0.3) is 10.9 Å². The largest absolute Gasteiger partial charge is 0.389 e. The van der Waals surface area contributed by atoms with Gasteiger partial charge in [-0.15, -0.1) is 0 Å². The molecule has 0 bridgehead atoms. The first-order chi connectivity index (χ1) is 14.8. The first-order valence-electron chi connectivity index (χ1n) is 10.5. The molecule has 31 heavy (non-hydrogen) atoms. The zero-order valence-electron chi connectivity index (χ0n) is 17.5. The smallest absolute Gasteiger partial charge is 0.131 e. The van der Waals surface area contributed by atoms with Gasteiger partial charge in [0.15, 0.2) is 0 Å². The van der Waals surface area contributed by atoms with Gasteiger partial charge in [-0.1, -0.05) is 29.8 Å². The van der Waals surface area contributed by atoms with Crippen LogP contribution in [0.15, 0.2) is 53.4 Å². The molecule has 1 fully saturated rings. The number of aryl methyl sites for hydroxylation is 1. The van der Waals surface area contributed by atoms with E-state index in [0.717, 1.165) is 33.5 Å². The average molecular weight is 441 g/mol. The van der Waals surface area contributed by atoms with E-state index in [1.54, 1.807) is 6.07 Å². The number of hydrogen-bond donors (Lipinski definition) is 4. The van der Waals surface area contributed by atoms with E-state index < -0.39 is 22.9 Å². The van der Waals surface area contributed by atoms with Gasteiger partial charge in [0.05, 0.1) is 28.0 Å². The molecule has 8 heteroatoms. The van der Waals surface area contributed by atoms with Crippen molar-refractivity contribution in [2.75, 3.05) is 28.6 Å². The van der Waals surface area contributed by atoms with Crippen LogP contribution in [0.3, 0.4) is 0 Å². The van der Waals surface area contributed by atoms with Crippen LogP contribution in [0, 0.1) is 6.92 Å². The molecule has 0 aliphatic carbocycles. The Balaban J connectivity index is 1.62. The van der Waals surface area contributed by atoms with Gasteiger partial charge in [-0.05, 0) is 37.1 Å². The number of pyridine rings is 1. The third-order valence-electron chi connectivity index (χ3n) is 6.31. The number of benzene rings is 2. The molecule has 0 amide bonds. The number of hydrogen-bond acceptors (Lipinski definition) is 7. The van der Waals surface area contributed by atoms with Crippen LogP contribution in [-0.2, 0) is 6.54 Å². The fourth-order valence-corrected chi connectivity index (χ4v) is 6.11. The summed E-state index contributed by atoms with van der Waals surface area (Å²) in [6.45, 7) is 3.75. The van der Waals surface area contributed by atoms with Crippen LogP contribution in [0.5, 0.6) is 0 Å². The first kappa shape index (κ1) is 20.5. The first-order valence-corrected chi connectivity index (χ1v) is 12.3. The molecule has 2 aliphatic heterocycles. The fourth-order valence-electron chi connectivity index (χ4n) is 4.57. The standard InChI is InChI=1S/C23H28N4O3S/c1-15-6-7-18-17(12-15)19(27-9-8-20(28)23(27)24)13-22(25-18)26-10-11-31(29,30)21-5-3-2-4-16(21)14-26/h2-7,12-13,20,23,28-30H,8-11,14,24H2,1H3. The molecule has 164 valence electrons. The molecule has 7 nitrogen and oxygen atoms in total. The summed E-state index contributed by atoms with van der Waals surface area (Å²) < 4.78 is 21.4. The van der Waals surface area contributed by atoms with Gasteiger partial charge in [0.25, 0.3) is 0 Å². The van der Waals surface area contributed by atoms with Gasteiger partial charge in [-0.3, -0.25) is 9.11 Å². The summed E-state index contributed by atoms with van der Waals surface area (Å²) in [4.78, 5) is 9.69. The SMILES string of the molecule is Cc1ccc2nc(N3CCS(O)(O)c4ccccc4C3)cc(N3CCC(O)C3N)c2c1. The summed E-state index contributed by atoms with van der Waals surface area (Å²) in [6, 6.07) is 15.7. The van der Waals surface area contributed by atoms with E-state index in [1.165, 1.54) is 0 Å². The summed E-state index contributed by atoms with van der Waals surface area (Å²) in [7, 11) is -2.84. The molecule has 2 unspecified atom stereocenters. The monoisotopic (exact) mass is 440 g/mol. The van der Waals surface area contributed by atoms with Crippen LogP contribution < -0.4 is 15.5 Å². The van der Waals surface area contributed by atoms with Crippen LogP contribution >= 0.6 is 10.6 Å². The van der Waals surface area contributed by atoms with Gasteiger partial charge in [0.2, 0.25) is 0 Å². The molecule has 0 spiro atoms. The predicted molar refractivity (Wildman–Crippen MR) is 126 cm³/mol. The van der Waals surface area contributed by atoms with Crippen LogP contribution in [0.4, 0.5) is 11.5 Å². The minimum absolute atomic E-state index is 0.259. The zero-order valence-corrected chi connectivity index (χ0v) is 18.3. The molecule has 0 saturated carbocycles. The predicted octanol–water partition coefficient (Wildman–Crippen LogP) is 3.53. The maximum atomic E-state index is 10.7. The van der Waals surface area contributed by atoms with E-state index in [9.17, 15) is 14.2 Å². The highest BCUT2D eigenvalue weighted by Crippen LogP contribution is 2.51. The quantitative estimate of drug-likeness (QED) is 0.483. The Labute approximate surface area is 183 Å².